The summed E-state index contributed by atoms with van der Waals surface area (Å²) in [7, 11) is 2.71. The Morgan fingerprint density at radius 1 is 1.27 bits per heavy atom. The highest BCUT2D eigenvalue weighted by molar-refractivity contribution is 5.97. The Labute approximate surface area is 128 Å². The zero-order valence-electron chi connectivity index (χ0n) is 13.0. The molecule has 0 aromatic heterocycles. The van der Waals surface area contributed by atoms with Gasteiger partial charge in [0.05, 0.1) is 19.8 Å². The molecule has 0 heterocycles. The van der Waals surface area contributed by atoms with Gasteiger partial charge in [0.25, 0.3) is 5.91 Å². The Morgan fingerprint density at radius 3 is 2.27 bits per heavy atom. The maximum Gasteiger partial charge on any atom is 0.326 e. The Kier molecular flexibility index (Phi) is 6.15. The molecule has 0 saturated heterocycles. The third kappa shape index (κ3) is 3.87. The zero-order valence-corrected chi connectivity index (χ0v) is 13.0. The largest absolute Gasteiger partial charge is 0.493 e. The summed E-state index contributed by atoms with van der Waals surface area (Å²) < 4.78 is 23.9. The van der Waals surface area contributed by atoms with Crippen molar-refractivity contribution in [1.29, 1.82) is 0 Å². The van der Waals surface area contributed by atoms with Crippen LogP contribution in [0.25, 0.3) is 0 Å². The van der Waals surface area contributed by atoms with Crippen molar-refractivity contribution in [3.05, 3.63) is 23.5 Å². The van der Waals surface area contributed by atoms with Crippen molar-refractivity contribution >= 4 is 11.9 Å². The maximum atomic E-state index is 14.0. The fourth-order valence-electron chi connectivity index (χ4n) is 1.93. The number of amides is 1. The minimum Gasteiger partial charge on any atom is -0.493 e. The van der Waals surface area contributed by atoms with Crippen molar-refractivity contribution in [3.63, 3.8) is 0 Å². The molecule has 2 N–H and O–H groups in total. The van der Waals surface area contributed by atoms with E-state index in [0.29, 0.717) is 6.42 Å². The summed E-state index contributed by atoms with van der Waals surface area (Å²) in [5, 5.41) is 11.5. The van der Waals surface area contributed by atoms with Crippen LogP contribution >= 0.6 is 0 Å². The smallest absolute Gasteiger partial charge is 0.326 e. The first-order chi connectivity index (χ1) is 10.3. The second-order valence-electron chi connectivity index (χ2n) is 4.86. The van der Waals surface area contributed by atoms with Crippen molar-refractivity contribution in [2.24, 2.45) is 5.92 Å². The van der Waals surface area contributed by atoms with E-state index in [1.807, 2.05) is 6.92 Å². The predicted octanol–water partition coefficient (Wildman–Crippen LogP) is 2.07. The summed E-state index contributed by atoms with van der Waals surface area (Å²) in [6.07, 6.45) is 0.561. The summed E-state index contributed by atoms with van der Waals surface area (Å²) in [4.78, 5) is 23.4. The monoisotopic (exact) mass is 313 g/mol. The second-order valence-corrected chi connectivity index (χ2v) is 4.86. The van der Waals surface area contributed by atoms with Crippen molar-refractivity contribution in [2.75, 3.05) is 14.2 Å². The number of ether oxygens (including phenoxy) is 2. The third-order valence-corrected chi connectivity index (χ3v) is 3.48. The molecule has 2 atom stereocenters. The van der Waals surface area contributed by atoms with Crippen LogP contribution in [0.15, 0.2) is 12.1 Å². The summed E-state index contributed by atoms with van der Waals surface area (Å²) in [5.74, 6) is -2.75. The van der Waals surface area contributed by atoms with Gasteiger partial charge in [0.2, 0.25) is 0 Å². The van der Waals surface area contributed by atoms with Gasteiger partial charge in [0.15, 0.2) is 11.5 Å². The lowest BCUT2D eigenvalue weighted by Crippen LogP contribution is -2.45. The summed E-state index contributed by atoms with van der Waals surface area (Å²) in [5.41, 5.74) is -0.299. The average Bonchev–Trinajstić information content (AvgIpc) is 2.50. The average molecular weight is 313 g/mol. The first kappa shape index (κ1) is 17.7. The van der Waals surface area contributed by atoms with Crippen LogP contribution in [-0.4, -0.2) is 37.2 Å². The number of aliphatic carboxylic acids is 1. The number of nitrogens with one attached hydrogen (secondary N) is 1. The molecule has 22 heavy (non-hydrogen) atoms. The van der Waals surface area contributed by atoms with Crippen LogP contribution < -0.4 is 14.8 Å². The van der Waals surface area contributed by atoms with E-state index in [0.717, 1.165) is 6.07 Å². The molecule has 122 valence electrons. The van der Waals surface area contributed by atoms with Gasteiger partial charge in [-0.3, -0.25) is 4.79 Å². The van der Waals surface area contributed by atoms with E-state index in [-0.39, 0.29) is 23.0 Å². The Bertz CT molecular complexity index is 561. The molecule has 7 heteroatoms. The molecule has 1 amide bonds. The minimum atomic E-state index is -1.16. The fourth-order valence-corrected chi connectivity index (χ4v) is 1.93. The van der Waals surface area contributed by atoms with Gasteiger partial charge in [-0.05, 0) is 12.0 Å². The molecule has 0 radical (unpaired) electrons. The molecule has 0 aliphatic carbocycles. The van der Waals surface area contributed by atoms with E-state index in [4.69, 9.17) is 14.6 Å². The van der Waals surface area contributed by atoms with E-state index < -0.39 is 23.7 Å². The molecule has 0 aliphatic heterocycles. The number of hydrogen-bond acceptors (Lipinski definition) is 4. The standard InChI is InChI=1S/C15H20FNO5/c1-5-8(2)13(15(19)20)17-14(18)9-6-11(21-3)12(22-4)7-10(9)16/h6-8,13H,5H2,1-4H3,(H,17,18)(H,19,20). The van der Waals surface area contributed by atoms with Crippen LogP contribution in [0.5, 0.6) is 11.5 Å². The Hall–Kier alpha value is -2.31. The topological polar surface area (TPSA) is 84.9 Å². The number of carbonyl (C=O) groups excluding carboxylic acids is 1. The molecule has 0 bridgehead atoms. The Morgan fingerprint density at radius 2 is 1.82 bits per heavy atom. The minimum absolute atomic E-state index is 0.147. The molecular weight excluding hydrogens is 293 g/mol. The van der Waals surface area contributed by atoms with E-state index in [2.05, 4.69) is 5.32 Å². The van der Waals surface area contributed by atoms with E-state index in [1.165, 1.54) is 20.3 Å². The number of halogens is 1. The fraction of sp³-hybridized carbons (Fsp3) is 0.467. The number of methoxy groups -OCH3 is 2. The lowest BCUT2D eigenvalue weighted by molar-refractivity contribution is -0.140. The van der Waals surface area contributed by atoms with Crippen LogP contribution in [0.4, 0.5) is 4.39 Å². The van der Waals surface area contributed by atoms with Crippen LogP contribution in [0, 0.1) is 11.7 Å². The highest BCUT2D eigenvalue weighted by Gasteiger charge is 2.27. The van der Waals surface area contributed by atoms with Crippen molar-refractivity contribution in [1.82, 2.24) is 5.32 Å². The molecule has 0 fully saturated rings. The SMILES string of the molecule is CCC(C)C(NC(=O)c1cc(OC)c(OC)cc1F)C(=O)O. The van der Waals surface area contributed by atoms with Gasteiger partial charge in [-0.2, -0.15) is 0 Å². The number of hydrogen-bond donors (Lipinski definition) is 2. The van der Waals surface area contributed by atoms with Crippen molar-refractivity contribution in [2.45, 2.75) is 26.3 Å². The summed E-state index contributed by atoms with van der Waals surface area (Å²) in [6.45, 7) is 3.51. The molecule has 1 aromatic carbocycles. The van der Waals surface area contributed by atoms with Gasteiger partial charge in [-0.15, -0.1) is 0 Å². The quantitative estimate of drug-likeness (QED) is 0.805. The lowest BCUT2D eigenvalue weighted by atomic mass is 9.99. The molecular formula is C15H20FNO5. The molecule has 2 unspecified atom stereocenters. The normalized spacial score (nSPS) is 13.1. The second kappa shape index (κ2) is 7.63. The van der Waals surface area contributed by atoms with Gasteiger partial charge in [0.1, 0.15) is 11.9 Å². The highest BCUT2D eigenvalue weighted by atomic mass is 19.1. The highest BCUT2D eigenvalue weighted by Crippen LogP contribution is 2.29. The van der Waals surface area contributed by atoms with E-state index in [1.54, 1.807) is 6.92 Å². The van der Waals surface area contributed by atoms with E-state index >= 15 is 0 Å². The molecule has 1 aromatic rings. The summed E-state index contributed by atoms with van der Waals surface area (Å²) >= 11 is 0. The van der Waals surface area contributed by atoms with Crippen molar-refractivity contribution in [3.8, 4) is 11.5 Å². The summed E-state index contributed by atoms with van der Waals surface area (Å²) in [6, 6.07) is 1.11. The molecule has 0 aliphatic rings. The predicted molar refractivity (Wildman–Crippen MR) is 77.8 cm³/mol. The molecule has 0 saturated carbocycles. The number of carboxylic acid groups (broad SMARTS) is 1. The van der Waals surface area contributed by atoms with E-state index in [9.17, 15) is 14.0 Å². The first-order valence-corrected chi connectivity index (χ1v) is 6.80. The molecule has 1 rings (SSSR count). The number of carboxylic acids is 1. The van der Waals surface area contributed by atoms with Gasteiger partial charge in [0, 0.05) is 6.07 Å². The number of rotatable bonds is 7. The third-order valence-electron chi connectivity index (χ3n) is 3.48. The van der Waals surface area contributed by atoms with Gasteiger partial charge < -0.3 is 19.9 Å². The van der Waals surface area contributed by atoms with Crippen LogP contribution in [0.3, 0.4) is 0 Å². The number of benzene rings is 1. The molecule has 6 nitrogen and oxygen atoms in total. The molecule has 0 spiro atoms. The van der Waals surface area contributed by atoms with Crippen LogP contribution in [0.2, 0.25) is 0 Å². The maximum absolute atomic E-state index is 14.0. The van der Waals surface area contributed by atoms with Gasteiger partial charge >= 0.3 is 5.97 Å². The first-order valence-electron chi connectivity index (χ1n) is 6.80. The Balaban J connectivity index is 3.09. The van der Waals surface area contributed by atoms with Gasteiger partial charge in [-0.1, -0.05) is 20.3 Å². The lowest BCUT2D eigenvalue weighted by Gasteiger charge is -2.20. The number of carbonyl (C=O) groups is 2. The van der Waals surface area contributed by atoms with Crippen LogP contribution in [-0.2, 0) is 4.79 Å². The van der Waals surface area contributed by atoms with Gasteiger partial charge in [-0.25, -0.2) is 9.18 Å². The zero-order chi connectivity index (χ0) is 16.9. The van der Waals surface area contributed by atoms with Crippen LogP contribution in [0.1, 0.15) is 30.6 Å². The van der Waals surface area contributed by atoms with Crippen molar-refractivity contribution < 1.29 is 28.6 Å².